The Labute approximate surface area is 161 Å². The Kier molecular flexibility index (Phi) is 5.66. The van der Waals surface area contributed by atoms with Gasteiger partial charge in [-0.2, -0.15) is 0 Å². The lowest BCUT2D eigenvalue weighted by molar-refractivity contribution is 0.426. The largest absolute Gasteiger partial charge is 0.356 e. The molecule has 0 saturated carbocycles. The van der Waals surface area contributed by atoms with Gasteiger partial charge >= 0.3 is 0 Å². The molecule has 3 nitrogen and oxygen atoms in total. The van der Waals surface area contributed by atoms with Gasteiger partial charge in [-0.25, -0.2) is 4.98 Å². The fourth-order valence-corrected chi connectivity index (χ4v) is 6.46. The fraction of sp³-hybridized carbons (Fsp3) is 0.111. The zero-order valence-corrected chi connectivity index (χ0v) is 16.4. The number of hydrogen-bond acceptors (Lipinski definition) is 7. The van der Waals surface area contributed by atoms with Crippen LogP contribution >= 0.6 is 42.8 Å². The molecular formula is C18H14N2OS4. The van der Waals surface area contributed by atoms with E-state index in [-0.39, 0.29) is 0 Å². The normalized spacial score (nSPS) is 11.2. The van der Waals surface area contributed by atoms with E-state index in [0.29, 0.717) is 0 Å². The first-order chi connectivity index (χ1) is 12.4. The Morgan fingerprint density at radius 1 is 0.960 bits per heavy atom. The highest BCUT2D eigenvalue weighted by Crippen LogP contribution is 2.39. The summed E-state index contributed by atoms with van der Waals surface area (Å²) in [5, 5.41) is 4.15. The SMILES string of the molecule is c1ccc(-c2cc(CSSSCc3ccc4scnc4c3)no2)cc1. The summed E-state index contributed by atoms with van der Waals surface area (Å²) in [7, 11) is 5.41. The zero-order valence-electron chi connectivity index (χ0n) is 13.1. The molecule has 0 aliphatic heterocycles. The molecule has 25 heavy (non-hydrogen) atoms. The van der Waals surface area contributed by atoms with Crippen molar-refractivity contribution in [2.45, 2.75) is 11.5 Å². The predicted molar refractivity (Wildman–Crippen MR) is 112 cm³/mol. The highest BCUT2D eigenvalue weighted by molar-refractivity contribution is 9.09. The molecule has 0 saturated heterocycles. The minimum absolute atomic E-state index is 0.824. The van der Waals surface area contributed by atoms with Crippen molar-refractivity contribution in [2.24, 2.45) is 0 Å². The Balaban J connectivity index is 1.24. The van der Waals surface area contributed by atoms with E-state index < -0.39 is 0 Å². The van der Waals surface area contributed by atoms with E-state index in [9.17, 15) is 0 Å². The Morgan fingerprint density at radius 3 is 2.76 bits per heavy atom. The van der Waals surface area contributed by atoms with Crippen LogP contribution in [0.4, 0.5) is 0 Å². The van der Waals surface area contributed by atoms with Crippen LogP contribution in [-0.4, -0.2) is 10.1 Å². The van der Waals surface area contributed by atoms with Crippen molar-refractivity contribution in [1.82, 2.24) is 10.1 Å². The molecule has 4 aromatic rings. The molecule has 0 unspecified atom stereocenters. The topological polar surface area (TPSA) is 38.9 Å². The summed E-state index contributed by atoms with van der Waals surface area (Å²) in [5.41, 5.74) is 6.33. The van der Waals surface area contributed by atoms with Crippen molar-refractivity contribution < 1.29 is 4.52 Å². The minimum Gasteiger partial charge on any atom is -0.356 e. The molecule has 0 bridgehead atoms. The van der Waals surface area contributed by atoms with E-state index >= 15 is 0 Å². The maximum atomic E-state index is 5.42. The minimum atomic E-state index is 0.824. The molecule has 4 rings (SSSR count). The molecule has 0 atom stereocenters. The lowest BCUT2D eigenvalue weighted by atomic mass is 10.2. The second kappa shape index (κ2) is 8.31. The quantitative estimate of drug-likeness (QED) is 0.253. The maximum Gasteiger partial charge on any atom is 0.167 e. The van der Waals surface area contributed by atoms with Crippen LogP contribution in [0, 0.1) is 0 Å². The van der Waals surface area contributed by atoms with E-state index in [4.69, 9.17) is 4.52 Å². The van der Waals surface area contributed by atoms with E-state index in [0.717, 1.165) is 34.0 Å². The van der Waals surface area contributed by atoms with Crippen LogP contribution in [-0.2, 0) is 11.5 Å². The molecule has 0 spiro atoms. The standard InChI is InChI=1S/C18H14N2OS4/c1-2-4-14(5-3-1)17-9-15(20-21-17)11-24-25-23-10-13-6-7-18-16(8-13)19-12-22-18/h1-9,12H,10-11H2. The number of hydrogen-bond donors (Lipinski definition) is 0. The van der Waals surface area contributed by atoms with Crippen LogP contribution in [0.3, 0.4) is 0 Å². The van der Waals surface area contributed by atoms with E-state index in [1.807, 2.05) is 52.7 Å². The summed E-state index contributed by atoms with van der Waals surface area (Å²) in [6.07, 6.45) is 0. The molecule has 0 aliphatic carbocycles. The van der Waals surface area contributed by atoms with Crippen LogP contribution in [0.5, 0.6) is 0 Å². The summed E-state index contributed by atoms with van der Waals surface area (Å²) in [6.45, 7) is 0. The number of benzene rings is 2. The van der Waals surface area contributed by atoms with Gasteiger partial charge < -0.3 is 4.52 Å². The third kappa shape index (κ3) is 4.41. The summed E-state index contributed by atoms with van der Waals surface area (Å²) in [5.74, 6) is 2.63. The second-order valence-corrected chi connectivity index (χ2v) is 10.4. The van der Waals surface area contributed by atoms with Gasteiger partial charge in [-0.05, 0) is 27.5 Å². The molecule has 0 amide bonds. The van der Waals surface area contributed by atoms with Crippen molar-refractivity contribution >= 4 is 53.0 Å². The van der Waals surface area contributed by atoms with Crippen LogP contribution in [0.25, 0.3) is 21.5 Å². The molecule has 2 aromatic heterocycles. The van der Waals surface area contributed by atoms with Crippen molar-refractivity contribution in [3.8, 4) is 11.3 Å². The van der Waals surface area contributed by atoms with Crippen LogP contribution in [0.1, 0.15) is 11.3 Å². The van der Waals surface area contributed by atoms with Gasteiger partial charge in [0.1, 0.15) is 0 Å². The summed E-state index contributed by atoms with van der Waals surface area (Å²) in [4.78, 5) is 4.37. The van der Waals surface area contributed by atoms with Crippen molar-refractivity contribution in [2.75, 3.05) is 0 Å². The Bertz CT molecular complexity index is 952. The van der Waals surface area contributed by atoms with Crippen LogP contribution in [0.2, 0.25) is 0 Å². The molecule has 0 N–H and O–H groups in total. The molecule has 0 aliphatic rings. The van der Waals surface area contributed by atoms with Crippen molar-refractivity contribution in [1.29, 1.82) is 0 Å². The molecule has 2 heterocycles. The van der Waals surface area contributed by atoms with Gasteiger partial charge in [0.25, 0.3) is 0 Å². The zero-order chi connectivity index (χ0) is 16.9. The van der Waals surface area contributed by atoms with Gasteiger partial charge in [0.15, 0.2) is 5.76 Å². The average molecular weight is 403 g/mol. The first kappa shape index (κ1) is 17.0. The molecular weight excluding hydrogens is 388 g/mol. The molecule has 126 valence electrons. The van der Waals surface area contributed by atoms with Gasteiger partial charge in [0.05, 0.1) is 27.2 Å². The van der Waals surface area contributed by atoms with E-state index in [1.165, 1.54) is 10.3 Å². The first-order valence-corrected chi connectivity index (χ1v) is 12.3. The predicted octanol–water partition coefficient (Wildman–Crippen LogP) is 6.68. The Morgan fingerprint density at radius 2 is 1.84 bits per heavy atom. The molecule has 0 radical (unpaired) electrons. The van der Waals surface area contributed by atoms with Crippen LogP contribution < -0.4 is 0 Å². The van der Waals surface area contributed by atoms with Gasteiger partial charge in [-0.1, -0.05) is 63.1 Å². The third-order valence-corrected chi connectivity index (χ3v) is 8.42. The summed E-state index contributed by atoms with van der Waals surface area (Å²) < 4.78 is 6.67. The smallest absolute Gasteiger partial charge is 0.167 e. The van der Waals surface area contributed by atoms with Gasteiger partial charge in [-0.15, -0.1) is 11.3 Å². The number of thiazole rings is 1. The van der Waals surface area contributed by atoms with Gasteiger partial charge in [0.2, 0.25) is 0 Å². The highest BCUT2D eigenvalue weighted by atomic mass is 33.5. The lowest BCUT2D eigenvalue weighted by Gasteiger charge is -2.00. The van der Waals surface area contributed by atoms with Crippen molar-refractivity contribution in [3.63, 3.8) is 0 Å². The van der Waals surface area contributed by atoms with E-state index in [1.54, 1.807) is 32.0 Å². The first-order valence-electron chi connectivity index (χ1n) is 7.63. The monoisotopic (exact) mass is 402 g/mol. The number of aromatic nitrogens is 2. The summed E-state index contributed by atoms with van der Waals surface area (Å²) >= 11 is 1.68. The van der Waals surface area contributed by atoms with Crippen LogP contribution in [0.15, 0.2) is 64.6 Å². The lowest BCUT2D eigenvalue weighted by Crippen LogP contribution is -1.78. The van der Waals surface area contributed by atoms with Gasteiger partial charge in [-0.3, -0.25) is 0 Å². The second-order valence-electron chi connectivity index (χ2n) is 5.30. The molecule has 7 heteroatoms. The third-order valence-electron chi connectivity index (χ3n) is 3.54. The number of nitrogens with zero attached hydrogens (tertiary/aromatic N) is 2. The maximum absolute atomic E-state index is 5.42. The average Bonchev–Trinajstić information content (AvgIpc) is 3.31. The number of rotatable bonds is 7. The molecule has 2 aromatic carbocycles. The number of fused-ring (bicyclic) bond motifs is 1. The molecule has 0 fully saturated rings. The Hall–Kier alpha value is -1.41. The summed E-state index contributed by atoms with van der Waals surface area (Å²) in [6, 6.07) is 18.6. The highest BCUT2D eigenvalue weighted by Gasteiger charge is 2.07. The van der Waals surface area contributed by atoms with Crippen molar-refractivity contribution in [3.05, 3.63) is 71.4 Å². The fourth-order valence-electron chi connectivity index (χ4n) is 2.32. The van der Waals surface area contributed by atoms with Gasteiger partial charge in [0, 0.05) is 17.4 Å². The van der Waals surface area contributed by atoms with E-state index in [2.05, 4.69) is 28.3 Å².